The molecule has 1 aliphatic rings. The zero-order valence-electron chi connectivity index (χ0n) is 11.7. The van der Waals surface area contributed by atoms with Crippen LogP contribution in [-0.4, -0.2) is 37.3 Å². The Balaban J connectivity index is 2.01. The first kappa shape index (κ1) is 14.7. The van der Waals surface area contributed by atoms with E-state index in [-0.39, 0.29) is 17.4 Å². The Morgan fingerprint density at radius 3 is 3.10 bits per heavy atom. The number of methoxy groups -OCH3 is 1. The number of hydrogen-bond donors (Lipinski definition) is 2. The molecule has 1 aromatic rings. The molecule has 0 aliphatic carbocycles. The number of ether oxygens (including phenoxy) is 1. The second-order valence-electron chi connectivity index (χ2n) is 4.97. The van der Waals surface area contributed by atoms with Crippen molar-refractivity contribution in [1.29, 1.82) is 0 Å². The highest BCUT2D eigenvalue weighted by Gasteiger charge is 2.20. The zero-order chi connectivity index (χ0) is 14.4. The number of anilines is 1. The van der Waals surface area contributed by atoms with Crippen LogP contribution in [0.15, 0.2) is 23.1 Å². The average Bonchev–Trinajstić information content (AvgIpc) is 2.48. The summed E-state index contributed by atoms with van der Waals surface area (Å²) in [5, 5.41) is 6.09. The number of aromatic nitrogens is 1. The summed E-state index contributed by atoms with van der Waals surface area (Å²) >= 11 is 0. The standard InChI is InChI=1S/C14H21N3O3/c1-20-8-7-17-10-12(4-5-13(17)18)16-14(19)11-3-2-6-15-9-11/h4-5,10-11,15H,2-3,6-9H2,1H3,(H,16,19)/t11-/m1/s1. The Morgan fingerprint density at radius 2 is 2.40 bits per heavy atom. The van der Waals surface area contributed by atoms with Gasteiger partial charge in [-0.25, -0.2) is 0 Å². The number of rotatable bonds is 5. The van der Waals surface area contributed by atoms with Gasteiger partial charge in [-0.3, -0.25) is 9.59 Å². The third-order valence-electron chi connectivity index (χ3n) is 3.45. The molecule has 1 aliphatic heterocycles. The molecule has 6 nitrogen and oxygen atoms in total. The molecule has 110 valence electrons. The minimum Gasteiger partial charge on any atom is -0.383 e. The molecule has 1 saturated heterocycles. The number of hydrogen-bond acceptors (Lipinski definition) is 4. The van der Waals surface area contributed by atoms with Crippen molar-refractivity contribution in [2.45, 2.75) is 19.4 Å². The van der Waals surface area contributed by atoms with Crippen LogP contribution in [0.3, 0.4) is 0 Å². The third-order valence-corrected chi connectivity index (χ3v) is 3.45. The normalized spacial score (nSPS) is 18.8. The maximum atomic E-state index is 12.1. The molecular formula is C14H21N3O3. The molecule has 2 heterocycles. The largest absolute Gasteiger partial charge is 0.383 e. The fraction of sp³-hybridized carbons (Fsp3) is 0.571. The van der Waals surface area contributed by atoms with E-state index in [1.807, 2.05) is 0 Å². The predicted octanol–water partition coefficient (Wildman–Crippen LogP) is 0.433. The molecular weight excluding hydrogens is 258 g/mol. The quantitative estimate of drug-likeness (QED) is 0.820. The van der Waals surface area contributed by atoms with E-state index in [1.165, 1.54) is 10.6 Å². The summed E-state index contributed by atoms with van der Waals surface area (Å²) in [6.07, 6.45) is 3.59. The van der Waals surface area contributed by atoms with E-state index in [1.54, 1.807) is 19.4 Å². The van der Waals surface area contributed by atoms with Crippen molar-refractivity contribution in [3.8, 4) is 0 Å². The SMILES string of the molecule is COCCn1cc(NC(=O)[C@@H]2CCCNC2)ccc1=O. The van der Waals surface area contributed by atoms with Gasteiger partial charge in [0.05, 0.1) is 18.2 Å². The van der Waals surface area contributed by atoms with Crippen LogP contribution in [0.5, 0.6) is 0 Å². The smallest absolute Gasteiger partial charge is 0.250 e. The van der Waals surface area contributed by atoms with Crippen LogP contribution in [-0.2, 0) is 16.1 Å². The number of amides is 1. The lowest BCUT2D eigenvalue weighted by molar-refractivity contribution is -0.120. The molecule has 20 heavy (non-hydrogen) atoms. The number of nitrogens with zero attached hydrogens (tertiary/aromatic N) is 1. The lowest BCUT2D eigenvalue weighted by atomic mass is 9.99. The summed E-state index contributed by atoms with van der Waals surface area (Å²) in [7, 11) is 1.59. The highest BCUT2D eigenvalue weighted by Crippen LogP contribution is 2.13. The molecule has 1 fully saturated rings. The van der Waals surface area contributed by atoms with E-state index in [0.29, 0.717) is 18.8 Å². The number of carbonyl (C=O) groups is 1. The lowest BCUT2D eigenvalue weighted by Gasteiger charge is -2.22. The highest BCUT2D eigenvalue weighted by molar-refractivity contribution is 5.92. The van der Waals surface area contributed by atoms with Gasteiger partial charge in [-0.1, -0.05) is 0 Å². The molecule has 2 N–H and O–H groups in total. The molecule has 2 rings (SSSR count). The van der Waals surface area contributed by atoms with Gasteiger partial charge >= 0.3 is 0 Å². The van der Waals surface area contributed by atoms with Crippen molar-refractivity contribution in [2.75, 3.05) is 32.1 Å². The van der Waals surface area contributed by atoms with Crippen LogP contribution in [0.1, 0.15) is 12.8 Å². The monoisotopic (exact) mass is 279 g/mol. The maximum Gasteiger partial charge on any atom is 0.250 e. The first-order chi connectivity index (χ1) is 9.70. The van der Waals surface area contributed by atoms with E-state index in [2.05, 4.69) is 10.6 Å². The Hall–Kier alpha value is -1.66. The third kappa shape index (κ3) is 3.91. The predicted molar refractivity (Wildman–Crippen MR) is 76.8 cm³/mol. The van der Waals surface area contributed by atoms with Gasteiger partial charge in [0.25, 0.3) is 5.56 Å². The Morgan fingerprint density at radius 1 is 1.55 bits per heavy atom. The molecule has 0 bridgehead atoms. The summed E-state index contributed by atoms with van der Waals surface area (Å²) in [6.45, 7) is 2.63. The Kier molecular flexibility index (Phi) is 5.31. The molecule has 0 unspecified atom stereocenters. The van der Waals surface area contributed by atoms with E-state index in [0.717, 1.165) is 25.9 Å². The molecule has 0 saturated carbocycles. The molecule has 0 aromatic carbocycles. The van der Waals surface area contributed by atoms with E-state index >= 15 is 0 Å². The van der Waals surface area contributed by atoms with Gasteiger partial charge in [0, 0.05) is 32.5 Å². The van der Waals surface area contributed by atoms with Crippen molar-refractivity contribution < 1.29 is 9.53 Å². The van der Waals surface area contributed by atoms with E-state index in [4.69, 9.17) is 4.74 Å². The fourth-order valence-electron chi connectivity index (χ4n) is 2.29. The van der Waals surface area contributed by atoms with Gasteiger partial charge in [0.1, 0.15) is 0 Å². The lowest BCUT2D eigenvalue weighted by Crippen LogP contribution is -2.37. The first-order valence-electron chi connectivity index (χ1n) is 6.91. The first-order valence-corrected chi connectivity index (χ1v) is 6.91. The van der Waals surface area contributed by atoms with Crippen LogP contribution in [0.25, 0.3) is 0 Å². The molecule has 1 atom stereocenters. The number of carbonyl (C=O) groups excluding carboxylic acids is 1. The number of nitrogens with one attached hydrogen (secondary N) is 2. The number of pyridine rings is 1. The van der Waals surface area contributed by atoms with Crippen LogP contribution in [0.4, 0.5) is 5.69 Å². The summed E-state index contributed by atoms with van der Waals surface area (Å²) in [6, 6.07) is 3.10. The van der Waals surface area contributed by atoms with Gasteiger partial charge in [0.2, 0.25) is 5.91 Å². The Labute approximate surface area is 118 Å². The van der Waals surface area contributed by atoms with Gasteiger partial charge in [-0.15, -0.1) is 0 Å². The summed E-state index contributed by atoms with van der Waals surface area (Å²) in [5.41, 5.74) is 0.552. The summed E-state index contributed by atoms with van der Waals surface area (Å²) < 4.78 is 6.50. The zero-order valence-corrected chi connectivity index (χ0v) is 11.7. The van der Waals surface area contributed by atoms with Crippen LogP contribution in [0.2, 0.25) is 0 Å². The maximum absolute atomic E-state index is 12.1. The van der Waals surface area contributed by atoms with Gasteiger partial charge in [-0.05, 0) is 25.5 Å². The van der Waals surface area contributed by atoms with Gasteiger partial charge in [0.15, 0.2) is 0 Å². The minimum absolute atomic E-state index is 0.00287. The topological polar surface area (TPSA) is 72.4 Å². The summed E-state index contributed by atoms with van der Waals surface area (Å²) in [4.78, 5) is 23.8. The van der Waals surface area contributed by atoms with Crippen LogP contribution >= 0.6 is 0 Å². The van der Waals surface area contributed by atoms with Crippen molar-refractivity contribution in [2.24, 2.45) is 5.92 Å². The highest BCUT2D eigenvalue weighted by atomic mass is 16.5. The second kappa shape index (κ2) is 7.21. The average molecular weight is 279 g/mol. The van der Waals surface area contributed by atoms with E-state index < -0.39 is 0 Å². The molecule has 1 aromatic heterocycles. The summed E-state index contributed by atoms with van der Waals surface area (Å²) in [5.74, 6) is 0.0113. The fourth-order valence-corrected chi connectivity index (χ4v) is 2.29. The Bertz CT molecular complexity index is 507. The van der Waals surface area contributed by atoms with Crippen molar-refractivity contribution in [3.63, 3.8) is 0 Å². The van der Waals surface area contributed by atoms with Crippen molar-refractivity contribution >= 4 is 11.6 Å². The van der Waals surface area contributed by atoms with Crippen molar-refractivity contribution in [3.05, 3.63) is 28.7 Å². The molecule has 6 heteroatoms. The number of piperidine rings is 1. The van der Waals surface area contributed by atoms with Crippen LogP contribution < -0.4 is 16.2 Å². The van der Waals surface area contributed by atoms with Crippen LogP contribution in [0, 0.1) is 5.92 Å². The van der Waals surface area contributed by atoms with E-state index in [9.17, 15) is 9.59 Å². The van der Waals surface area contributed by atoms with Gasteiger partial charge < -0.3 is 19.9 Å². The molecule has 0 radical (unpaired) electrons. The molecule has 1 amide bonds. The minimum atomic E-state index is -0.0978. The van der Waals surface area contributed by atoms with Gasteiger partial charge in [-0.2, -0.15) is 0 Å². The molecule has 0 spiro atoms. The second-order valence-corrected chi connectivity index (χ2v) is 4.97. The van der Waals surface area contributed by atoms with Crippen molar-refractivity contribution in [1.82, 2.24) is 9.88 Å².